The van der Waals surface area contributed by atoms with Crippen molar-refractivity contribution < 1.29 is 4.79 Å². The Labute approximate surface area is 178 Å². The summed E-state index contributed by atoms with van der Waals surface area (Å²) in [6, 6.07) is 10.2. The Bertz CT molecular complexity index is 1150. The number of aromatic nitrogens is 3. The first kappa shape index (κ1) is 19.3. The highest BCUT2D eigenvalue weighted by Crippen LogP contribution is 2.51. The van der Waals surface area contributed by atoms with E-state index < -0.39 is 0 Å². The maximum Gasteiger partial charge on any atom is 0.160 e. The lowest BCUT2D eigenvalue weighted by Crippen LogP contribution is -2.47. The van der Waals surface area contributed by atoms with E-state index >= 15 is 0 Å². The third-order valence-electron chi connectivity index (χ3n) is 7.54. The summed E-state index contributed by atoms with van der Waals surface area (Å²) < 4.78 is 0. The topological polar surface area (TPSA) is 55.7 Å². The quantitative estimate of drug-likeness (QED) is 0.560. The van der Waals surface area contributed by atoms with Gasteiger partial charge in [0, 0.05) is 34.9 Å². The van der Waals surface area contributed by atoms with E-state index in [2.05, 4.69) is 38.7 Å². The van der Waals surface area contributed by atoms with Crippen molar-refractivity contribution in [2.75, 3.05) is 0 Å². The molecule has 3 aromatic rings. The van der Waals surface area contributed by atoms with Crippen molar-refractivity contribution in [1.82, 2.24) is 15.0 Å². The van der Waals surface area contributed by atoms with Gasteiger partial charge in [0.2, 0.25) is 0 Å². The minimum Gasteiger partial charge on any atom is -0.299 e. The van der Waals surface area contributed by atoms with Gasteiger partial charge in [0.05, 0.1) is 16.9 Å². The molecule has 154 valence electrons. The van der Waals surface area contributed by atoms with E-state index in [1.54, 1.807) is 0 Å². The molecule has 0 unspecified atom stereocenters. The molecule has 30 heavy (non-hydrogen) atoms. The predicted molar refractivity (Wildman–Crippen MR) is 119 cm³/mol. The highest BCUT2D eigenvalue weighted by atomic mass is 16.1. The molecule has 2 heterocycles. The van der Waals surface area contributed by atoms with Gasteiger partial charge >= 0.3 is 0 Å². The zero-order valence-electron chi connectivity index (χ0n) is 18.3. The summed E-state index contributed by atoms with van der Waals surface area (Å²) in [6.07, 6.45) is 5.41. The Hall–Kier alpha value is -2.62. The minimum atomic E-state index is -0.0644. The second kappa shape index (κ2) is 6.97. The molecule has 1 fully saturated rings. The average molecular weight is 400 g/mol. The molecular formula is C26H29N3O. The highest BCUT2D eigenvalue weighted by molar-refractivity contribution is 5.92. The number of pyridine rings is 1. The van der Waals surface area contributed by atoms with Gasteiger partial charge in [0.25, 0.3) is 0 Å². The summed E-state index contributed by atoms with van der Waals surface area (Å²) in [5.74, 6) is 2.01. The van der Waals surface area contributed by atoms with Crippen molar-refractivity contribution in [3.63, 3.8) is 0 Å². The van der Waals surface area contributed by atoms with Crippen LogP contribution in [0.2, 0.25) is 0 Å². The van der Waals surface area contributed by atoms with Crippen LogP contribution in [0, 0.1) is 11.8 Å². The van der Waals surface area contributed by atoms with Crippen LogP contribution in [-0.2, 0) is 16.6 Å². The van der Waals surface area contributed by atoms with Gasteiger partial charge in [-0.25, -0.2) is 9.97 Å². The minimum absolute atomic E-state index is 0.0644. The predicted octanol–water partition coefficient (Wildman–Crippen LogP) is 5.63. The van der Waals surface area contributed by atoms with E-state index in [0.29, 0.717) is 24.0 Å². The fraction of sp³-hybridized carbons (Fsp3) is 0.462. The molecule has 0 saturated heterocycles. The van der Waals surface area contributed by atoms with E-state index in [1.165, 1.54) is 17.0 Å². The number of ketones is 1. The number of benzene rings is 1. The average Bonchev–Trinajstić information content (AvgIpc) is 2.75. The number of nitrogens with zero attached hydrogens (tertiary/aromatic N) is 3. The number of Topliss-reactive ketones (excluding diaryl/α,β-unsaturated/α-hetero) is 1. The summed E-state index contributed by atoms with van der Waals surface area (Å²) in [7, 11) is 0. The van der Waals surface area contributed by atoms with Crippen LogP contribution < -0.4 is 0 Å². The lowest BCUT2D eigenvalue weighted by Gasteiger charge is -2.48. The van der Waals surface area contributed by atoms with Gasteiger partial charge in [-0.2, -0.15) is 0 Å². The summed E-state index contributed by atoms with van der Waals surface area (Å²) in [4.78, 5) is 27.3. The van der Waals surface area contributed by atoms with Crippen molar-refractivity contribution >= 4 is 16.7 Å². The van der Waals surface area contributed by atoms with Gasteiger partial charge in [0.1, 0.15) is 5.78 Å². The smallest absolute Gasteiger partial charge is 0.160 e. The van der Waals surface area contributed by atoms with Crippen LogP contribution in [0.15, 0.2) is 36.5 Å². The number of carbonyl (C=O) groups is 1. The van der Waals surface area contributed by atoms with Gasteiger partial charge < -0.3 is 0 Å². The Morgan fingerprint density at radius 3 is 2.70 bits per heavy atom. The summed E-state index contributed by atoms with van der Waals surface area (Å²) >= 11 is 0. The maximum absolute atomic E-state index is 12.5. The molecular weight excluding hydrogens is 370 g/mol. The van der Waals surface area contributed by atoms with Gasteiger partial charge in [-0.15, -0.1) is 0 Å². The molecule has 4 heteroatoms. The van der Waals surface area contributed by atoms with Crippen LogP contribution in [0.25, 0.3) is 22.3 Å². The first-order chi connectivity index (χ1) is 14.4. The normalized spacial score (nSPS) is 26.0. The first-order valence-corrected chi connectivity index (χ1v) is 11.2. The Morgan fingerprint density at radius 1 is 1.10 bits per heavy atom. The molecule has 0 N–H and O–H groups in total. The fourth-order valence-electron chi connectivity index (χ4n) is 5.84. The van der Waals surface area contributed by atoms with Crippen LogP contribution in [-0.4, -0.2) is 20.7 Å². The first-order valence-electron chi connectivity index (χ1n) is 11.2. The summed E-state index contributed by atoms with van der Waals surface area (Å²) in [6.45, 7) is 8.90. The molecule has 2 aromatic heterocycles. The van der Waals surface area contributed by atoms with Crippen LogP contribution in [0.4, 0.5) is 0 Å². The van der Waals surface area contributed by atoms with E-state index in [0.717, 1.165) is 41.6 Å². The SMILES string of the molecule is CC(C)c1nc(-c2ccnc3ccccc23)nc2c1CC[C@@H]1[C@@H](C)C(=O)CC[C@@]21C. The Kier molecular flexibility index (Phi) is 4.49. The van der Waals surface area contributed by atoms with Gasteiger partial charge in [-0.1, -0.05) is 45.9 Å². The van der Waals surface area contributed by atoms with E-state index in [4.69, 9.17) is 9.97 Å². The molecule has 3 atom stereocenters. The third kappa shape index (κ3) is 2.80. The van der Waals surface area contributed by atoms with Gasteiger partial charge in [0.15, 0.2) is 5.82 Å². The molecule has 1 aromatic carbocycles. The Balaban J connectivity index is 1.76. The van der Waals surface area contributed by atoms with Crippen molar-refractivity contribution in [2.45, 2.75) is 64.7 Å². The summed E-state index contributed by atoms with van der Waals surface area (Å²) in [5, 5.41) is 1.08. The molecule has 0 spiro atoms. The Morgan fingerprint density at radius 2 is 1.90 bits per heavy atom. The van der Waals surface area contributed by atoms with E-state index in [1.807, 2.05) is 30.5 Å². The molecule has 2 aliphatic rings. The van der Waals surface area contributed by atoms with Crippen molar-refractivity contribution in [1.29, 1.82) is 0 Å². The van der Waals surface area contributed by atoms with E-state index in [9.17, 15) is 4.79 Å². The number of fused-ring (bicyclic) bond motifs is 4. The third-order valence-corrected chi connectivity index (χ3v) is 7.54. The molecule has 0 bridgehead atoms. The fourth-order valence-corrected chi connectivity index (χ4v) is 5.84. The lowest BCUT2D eigenvalue weighted by molar-refractivity contribution is -0.128. The molecule has 4 nitrogen and oxygen atoms in total. The second-order valence-electron chi connectivity index (χ2n) is 9.61. The highest BCUT2D eigenvalue weighted by Gasteiger charge is 2.49. The number of hydrogen-bond donors (Lipinski definition) is 0. The largest absolute Gasteiger partial charge is 0.299 e. The number of carbonyl (C=O) groups excluding carboxylic acids is 1. The molecule has 0 radical (unpaired) electrons. The van der Waals surface area contributed by atoms with Crippen molar-refractivity contribution in [2.24, 2.45) is 11.8 Å². The van der Waals surface area contributed by atoms with Crippen molar-refractivity contribution in [3.8, 4) is 11.4 Å². The van der Waals surface area contributed by atoms with Crippen LogP contribution in [0.1, 0.15) is 69.8 Å². The maximum atomic E-state index is 12.5. The van der Waals surface area contributed by atoms with Gasteiger partial charge in [-0.05, 0) is 48.8 Å². The molecule has 5 rings (SSSR count). The number of hydrogen-bond acceptors (Lipinski definition) is 4. The number of para-hydroxylation sites is 1. The van der Waals surface area contributed by atoms with E-state index in [-0.39, 0.29) is 11.3 Å². The second-order valence-corrected chi connectivity index (χ2v) is 9.61. The zero-order chi connectivity index (χ0) is 21.0. The molecule has 2 aliphatic carbocycles. The molecule has 0 aliphatic heterocycles. The standard InChI is InChI=1S/C26H29N3O/c1-15(2)23-19-9-10-20-16(3)22(30)11-13-26(20,4)24(19)29-25(28-23)18-12-14-27-21-8-6-5-7-17(18)21/h5-8,12,14-16,20H,9-11,13H2,1-4H3/t16-,20-,26-/m1/s1. The molecule has 0 amide bonds. The molecule has 1 saturated carbocycles. The van der Waals surface area contributed by atoms with Crippen molar-refractivity contribution in [3.05, 3.63) is 53.5 Å². The zero-order valence-corrected chi connectivity index (χ0v) is 18.3. The van der Waals surface area contributed by atoms with Crippen LogP contribution in [0.5, 0.6) is 0 Å². The number of rotatable bonds is 2. The van der Waals surface area contributed by atoms with Crippen LogP contribution in [0.3, 0.4) is 0 Å². The van der Waals surface area contributed by atoms with Gasteiger partial charge in [-0.3, -0.25) is 9.78 Å². The van der Waals surface area contributed by atoms with Crippen LogP contribution >= 0.6 is 0 Å². The lowest BCUT2D eigenvalue weighted by atomic mass is 9.56. The monoisotopic (exact) mass is 399 g/mol. The summed E-state index contributed by atoms with van der Waals surface area (Å²) in [5.41, 5.74) is 5.62.